The predicted octanol–water partition coefficient (Wildman–Crippen LogP) is 1.22. The molecule has 0 amide bonds. The second-order valence-electron chi connectivity index (χ2n) is 5.11. The van der Waals surface area contributed by atoms with Crippen molar-refractivity contribution in [3.8, 4) is 0 Å². The quantitative estimate of drug-likeness (QED) is 0.761. The van der Waals surface area contributed by atoms with Gasteiger partial charge in [0, 0.05) is 25.7 Å². The maximum atomic E-state index is 6.03. The van der Waals surface area contributed by atoms with E-state index in [0.717, 1.165) is 18.5 Å². The van der Waals surface area contributed by atoms with Gasteiger partial charge in [-0.15, -0.1) is 0 Å². The van der Waals surface area contributed by atoms with Crippen LogP contribution in [-0.4, -0.2) is 43.8 Å². The SMILES string of the molecule is COCC(N)CN1CCCC2CCCC21. The highest BCUT2D eigenvalue weighted by Gasteiger charge is 2.35. The highest BCUT2D eigenvalue weighted by molar-refractivity contribution is 4.90. The molecule has 1 aliphatic heterocycles. The highest BCUT2D eigenvalue weighted by atomic mass is 16.5. The monoisotopic (exact) mass is 212 g/mol. The summed E-state index contributed by atoms with van der Waals surface area (Å²) in [5.74, 6) is 0.966. The molecule has 2 rings (SSSR count). The van der Waals surface area contributed by atoms with Crippen molar-refractivity contribution in [3.63, 3.8) is 0 Å². The van der Waals surface area contributed by atoms with Crippen LogP contribution in [0.3, 0.4) is 0 Å². The molecule has 1 saturated heterocycles. The van der Waals surface area contributed by atoms with Gasteiger partial charge in [0.1, 0.15) is 0 Å². The smallest absolute Gasteiger partial charge is 0.0626 e. The minimum atomic E-state index is 0.189. The van der Waals surface area contributed by atoms with Gasteiger partial charge in [-0.1, -0.05) is 6.42 Å². The zero-order valence-corrected chi connectivity index (χ0v) is 9.82. The number of likely N-dealkylation sites (tertiary alicyclic amines) is 1. The molecule has 3 atom stereocenters. The van der Waals surface area contributed by atoms with E-state index in [2.05, 4.69) is 4.90 Å². The molecule has 15 heavy (non-hydrogen) atoms. The lowest BCUT2D eigenvalue weighted by Gasteiger charge is -2.39. The zero-order valence-electron chi connectivity index (χ0n) is 9.82. The molecule has 88 valence electrons. The molecule has 0 spiro atoms. The third-order valence-electron chi connectivity index (χ3n) is 3.96. The maximum Gasteiger partial charge on any atom is 0.0626 e. The Balaban J connectivity index is 1.84. The molecule has 0 aromatic heterocycles. The van der Waals surface area contributed by atoms with E-state index in [1.165, 1.54) is 38.6 Å². The molecule has 0 radical (unpaired) electrons. The first kappa shape index (κ1) is 11.4. The predicted molar refractivity (Wildman–Crippen MR) is 61.8 cm³/mol. The fourth-order valence-electron chi connectivity index (χ4n) is 3.35. The van der Waals surface area contributed by atoms with Crippen LogP contribution in [0.4, 0.5) is 0 Å². The third kappa shape index (κ3) is 2.71. The van der Waals surface area contributed by atoms with Crippen molar-refractivity contribution in [2.75, 3.05) is 26.8 Å². The van der Waals surface area contributed by atoms with Gasteiger partial charge in [-0.3, -0.25) is 4.90 Å². The van der Waals surface area contributed by atoms with Crippen molar-refractivity contribution < 1.29 is 4.74 Å². The number of piperidine rings is 1. The van der Waals surface area contributed by atoms with Crippen molar-refractivity contribution in [2.45, 2.75) is 44.2 Å². The first-order valence-corrected chi connectivity index (χ1v) is 6.30. The third-order valence-corrected chi connectivity index (χ3v) is 3.96. The molecular formula is C12H24N2O. The number of methoxy groups -OCH3 is 1. The topological polar surface area (TPSA) is 38.5 Å². The van der Waals surface area contributed by atoms with Crippen LogP contribution < -0.4 is 5.73 Å². The molecule has 1 aliphatic carbocycles. The van der Waals surface area contributed by atoms with Crippen LogP contribution in [-0.2, 0) is 4.74 Å². The molecule has 2 aliphatic rings. The summed E-state index contributed by atoms with van der Waals surface area (Å²) in [5, 5.41) is 0. The fraction of sp³-hybridized carbons (Fsp3) is 1.00. The van der Waals surface area contributed by atoms with E-state index in [0.29, 0.717) is 6.61 Å². The molecule has 3 nitrogen and oxygen atoms in total. The van der Waals surface area contributed by atoms with E-state index < -0.39 is 0 Å². The average molecular weight is 212 g/mol. The summed E-state index contributed by atoms with van der Waals surface area (Å²) in [6.45, 7) is 2.96. The van der Waals surface area contributed by atoms with Gasteiger partial charge in [0.2, 0.25) is 0 Å². The minimum absolute atomic E-state index is 0.189. The van der Waals surface area contributed by atoms with Gasteiger partial charge in [-0.05, 0) is 38.1 Å². The van der Waals surface area contributed by atoms with Gasteiger partial charge in [-0.25, -0.2) is 0 Å². The Hall–Kier alpha value is -0.120. The van der Waals surface area contributed by atoms with Crippen LogP contribution >= 0.6 is 0 Å². The van der Waals surface area contributed by atoms with Crippen LogP contribution in [0, 0.1) is 5.92 Å². The van der Waals surface area contributed by atoms with Crippen LogP contribution in [0.15, 0.2) is 0 Å². The Bertz CT molecular complexity index is 198. The number of hydrogen-bond donors (Lipinski definition) is 1. The fourth-order valence-corrected chi connectivity index (χ4v) is 3.35. The molecule has 0 bridgehead atoms. The Morgan fingerprint density at radius 3 is 2.93 bits per heavy atom. The second kappa shape index (κ2) is 5.28. The summed E-state index contributed by atoms with van der Waals surface area (Å²) < 4.78 is 5.10. The zero-order chi connectivity index (χ0) is 10.7. The van der Waals surface area contributed by atoms with Crippen LogP contribution in [0.2, 0.25) is 0 Å². The van der Waals surface area contributed by atoms with Gasteiger partial charge < -0.3 is 10.5 Å². The standard InChI is InChI=1S/C12H24N2O/c1-15-9-11(13)8-14-7-3-5-10-4-2-6-12(10)14/h10-12H,2-9,13H2,1H3. The number of rotatable bonds is 4. The number of fused-ring (bicyclic) bond motifs is 1. The van der Waals surface area contributed by atoms with E-state index in [-0.39, 0.29) is 6.04 Å². The maximum absolute atomic E-state index is 6.03. The van der Waals surface area contributed by atoms with E-state index in [4.69, 9.17) is 10.5 Å². The molecule has 2 N–H and O–H groups in total. The van der Waals surface area contributed by atoms with E-state index >= 15 is 0 Å². The molecule has 0 aromatic rings. The Kier molecular flexibility index (Phi) is 4.00. The van der Waals surface area contributed by atoms with Gasteiger partial charge in [0.15, 0.2) is 0 Å². The summed E-state index contributed by atoms with van der Waals surface area (Å²) >= 11 is 0. The van der Waals surface area contributed by atoms with Crippen molar-refractivity contribution in [1.29, 1.82) is 0 Å². The Labute approximate surface area is 93.0 Å². The van der Waals surface area contributed by atoms with E-state index in [1.807, 2.05) is 0 Å². The van der Waals surface area contributed by atoms with Gasteiger partial charge in [0.05, 0.1) is 6.61 Å². The van der Waals surface area contributed by atoms with Gasteiger partial charge >= 0.3 is 0 Å². The van der Waals surface area contributed by atoms with Gasteiger partial charge in [0.25, 0.3) is 0 Å². The normalized spacial score (nSPS) is 34.0. The second-order valence-corrected chi connectivity index (χ2v) is 5.11. The summed E-state index contributed by atoms with van der Waals surface area (Å²) in [7, 11) is 1.73. The summed E-state index contributed by atoms with van der Waals surface area (Å²) in [6.07, 6.45) is 7.07. The van der Waals surface area contributed by atoms with Crippen LogP contribution in [0.25, 0.3) is 0 Å². The number of hydrogen-bond acceptors (Lipinski definition) is 3. The summed E-state index contributed by atoms with van der Waals surface area (Å²) in [6, 6.07) is 1.02. The lowest BCUT2D eigenvalue weighted by Crippen LogP contribution is -2.49. The van der Waals surface area contributed by atoms with E-state index in [9.17, 15) is 0 Å². The number of nitrogens with two attached hydrogens (primary N) is 1. The van der Waals surface area contributed by atoms with Crippen molar-refractivity contribution >= 4 is 0 Å². The lowest BCUT2D eigenvalue weighted by molar-refractivity contribution is 0.0870. The number of nitrogens with zero attached hydrogens (tertiary/aromatic N) is 1. The molecule has 1 heterocycles. The van der Waals surface area contributed by atoms with Gasteiger partial charge in [-0.2, -0.15) is 0 Å². The molecule has 0 aromatic carbocycles. The number of ether oxygens (including phenoxy) is 1. The lowest BCUT2D eigenvalue weighted by atomic mass is 9.91. The molecule has 3 heteroatoms. The molecule has 3 unspecified atom stereocenters. The van der Waals surface area contributed by atoms with Crippen LogP contribution in [0.1, 0.15) is 32.1 Å². The minimum Gasteiger partial charge on any atom is -0.383 e. The van der Waals surface area contributed by atoms with Crippen LogP contribution in [0.5, 0.6) is 0 Å². The summed E-state index contributed by atoms with van der Waals surface area (Å²) in [4.78, 5) is 2.62. The first-order chi connectivity index (χ1) is 7.31. The highest BCUT2D eigenvalue weighted by Crippen LogP contribution is 2.36. The van der Waals surface area contributed by atoms with Crippen molar-refractivity contribution in [2.24, 2.45) is 11.7 Å². The average Bonchev–Trinajstić information content (AvgIpc) is 2.67. The van der Waals surface area contributed by atoms with Crippen molar-refractivity contribution in [1.82, 2.24) is 4.90 Å². The van der Waals surface area contributed by atoms with Crippen molar-refractivity contribution in [3.05, 3.63) is 0 Å². The Morgan fingerprint density at radius 1 is 1.33 bits per heavy atom. The molecule has 1 saturated carbocycles. The first-order valence-electron chi connectivity index (χ1n) is 6.30. The molecular weight excluding hydrogens is 188 g/mol. The van der Waals surface area contributed by atoms with E-state index in [1.54, 1.807) is 7.11 Å². The molecule has 2 fully saturated rings. The summed E-state index contributed by atoms with van der Waals surface area (Å²) in [5.41, 5.74) is 6.03. The largest absolute Gasteiger partial charge is 0.383 e. The Morgan fingerprint density at radius 2 is 2.13 bits per heavy atom.